The Kier molecular flexibility index (Phi) is 6.05. The minimum Gasteiger partial charge on any atom is -0.391 e. The van der Waals surface area contributed by atoms with Gasteiger partial charge in [-0.15, -0.1) is 0 Å². The fraction of sp³-hybridized carbons (Fsp3) is 0.722. The average Bonchev–Trinajstić information content (AvgIpc) is 2.67. The molecule has 3 N–H and O–H groups in total. The number of hydrogen-bond acceptors (Lipinski definition) is 7. The van der Waals surface area contributed by atoms with Crippen LogP contribution in [0.15, 0.2) is 6.07 Å². The lowest BCUT2D eigenvalue weighted by Crippen LogP contribution is -2.51. The monoisotopic (exact) mass is 363 g/mol. The number of amides is 1. The molecule has 0 saturated carbocycles. The van der Waals surface area contributed by atoms with E-state index >= 15 is 0 Å². The molecule has 2 saturated heterocycles. The highest BCUT2D eigenvalue weighted by atomic mass is 16.5. The molecule has 0 aromatic carbocycles. The van der Waals surface area contributed by atoms with Crippen molar-refractivity contribution in [2.75, 3.05) is 44.3 Å². The molecular weight excluding hydrogens is 334 g/mol. The third-order valence-electron chi connectivity index (χ3n) is 5.21. The van der Waals surface area contributed by atoms with E-state index in [9.17, 15) is 9.90 Å². The number of anilines is 1. The Morgan fingerprint density at radius 2 is 1.92 bits per heavy atom. The molecule has 0 bridgehead atoms. The number of piperidine rings is 1. The summed E-state index contributed by atoms with van der Waals surface area (Å²) in [5.74, 6) is 1.87. The van der Waals surface area contributed by atoms with Crippen LogP contribution < -0.4 is 10.6 Å². The molecule has 1 amide bonds. The molecule has 3 rings (SSSR count). The number of aliphatic hydroxyl groups is 1. The van der Waals surface area contributed by atoms with Crippen LogP contribution in [0, 0.1) is 6.92 Å². The summed E-state index contributed by atoms with van der Waals surface area (Å²) in [6, 6.07) is 1.24. The number of aliphatic hydroxyl groups excluding tert-OH is 1. The molecule has 0 aliphatic carbocycles. The fourth-order valence-electron chi connectivity index (χ4n) is 3.55. The number of ether oxygens (including phenoxy) is 1. The Bertz CT molecular complexity index is 625. The van der Waals surface area contributed by atoms with Gasteiger partial charge in [-0.05, 0) is 26.7 Å². The minimum atomic E-state index is -0.847. The summed E-state index contributed by atoms with van der Waals surface area (Å²) in [5.41, 5.74) is 6.83. The van der Waals surface area contributed by atoms with E-state index in [0.717, 1.165) is 56.5 Å². The summed E-state index contributed by atoms with van der Waals surface area (Å²) in [6.07, 6.45) is 0.856. The number of nitrogens with zero attached hydrogens (tertiary/aromatic N) is 4. The standard InChI is InChI=1S/C18H29N5O3/c1-12(24)17(19)18(25)23-5-3-14(4-6-23)15-11-16(21-13(2)20-15)22-7-9-26-10-8-22/h11-12,14,17,24H,3-10,19H2,1-2H3/t12-,17+/m1/s1. The number of likely N-dealkylation sites (tertiary alicyclic amines) is 1. The molecule has 26 heavy (non-hydrogen) atoms. The number of aryl methyl sites for hydroxylation is 1. The first-order valence-electron chi connectivity index (χ1n) is 9.36. The molecule has 2 aliphatic heterocycles. The van der Waals surface area contributed by atoms with Crippen molar-refractivity contribution >= 4 is 11.7 Å². The third-order valence-corrected chi connectivity index (χ3v) is 5.21. The van der Waals surface area contributed by atoms with Crippen LogP contribution in [0.3, 0.4) is 0 Å². The first kappa shape index (κ1) is 19.0. The second-order valence-corrected chi connectivity index (χ2v) is 7.16. The predicted molar refractivity (Wildman–Crippen MR) is 98.0 cm³/mol. The number of morpholine rings is 1. The minimum absolute atomic E-state index is 0.175. The van der Waals surface area contributed by atoms with Crippen molar-refractivity contribution in [1.82, 2.24) is 14.9 Å². The van der Waals surface area contributed by atoms with Crippen molar-refractivity contribution in [3.63, 3.8) is 0 Å². The van der Waals surface area contributed by atoms with Crippen LogP contribution in [-0.4, -0.2) is 77.4 Å². The highest BCUT2D eigenvalue weighted by molar-refractivity contribution is 5.82. The molecule has 1 aromatic heterocycles. The zero-order valence-electron chi connectivity index (χ0n) is 15.6. The largest absolute Gasteiger partial charge is 0.391 e. The van der Waals surface area contributed by atoms with Crippen molar-refractivity contribution in [1.29, 1.82) is 0 Å². The summed E-state index contributed by atoms with van der Waals surface area (Å²) < 4.78 is 5.42. The van der Waals surface area contributed by atoms with Gasteiger partial charge in [0.15, 0.2) is 0 Å². The van der Waals surface area contributed by atoms with Gasteiger partial charge in [-0.1, -0.05) is 0 Å². The number of carbonyl (C=O) groups is 1. The zero-order chi connectivity index (χ0) is 18.7. The van der Waals surface area contributed by atoms with E-state index in [1.807, 2.05) is 6.92 Å². The van der Waals surface area contributed by atoms with Crippen LogP contribution in [-0.2, 0) is 9.53 Å². The summed E-state index contributed by atoms with van der Waals surface area (Å²) in [6.45, 7) is 7.89. The second-order valence-electron chi connectivity index (χ2n) is 7.16. The van der Waals surface area contributed by atoms with Gasteiger partial charge in [0.1, 0.15) is 17.7 Å². The van der Waals surface area contributed by atoms with E-state index in [1.165, 1.54) is 0 Å². The maximum Gasteiger partial charge on any atom is 0.242 e. The van der Waals surface area contributed by atoms with E-state index in [-0.39, 0.29) is 5.91 Å². The molecule has 0 radical (unpaired) electrons. The van der Waals surface area contributed by atoms with E-state index < -0.39 is 12.1 Å². The third kappa shape index (κ3) is 4.31. The molecule has 8 heteroatoms. The Hall–Kier alpha value is -1.77. The van der Waals surface area contributed by atoms with E-state index in [2.05, 4.69) is 20.9 Å². The molecule has 2 fully saturated rings. The maximum absolute atomic E-state index is 12.3. The van der Waals surface area contributed by atoms with Crippen LogP contribution in [0.2, 0.25) is 0 Å². The lowest BCUT2D eigenvalue weighted by Gasteiger charge is -2.34. The van der Waals surface area contributed by atoms with Crippen molar-refractivity contribution in [3.05, 3.63) is 17.6 Å². The van der Waals surface area contributed by atoms with Gasteiger partial charge in [0.25, 0.3) is 0 Å². The second kappa shape index (κ2) is 8.28. The Balaban J connectivity index is 1.65. The molecule has 8 nitrogen and oxygen atoms in total. The highest BCUT2D eigenvalue weighted by Gasteiger charge is 2.30. The highest BCUT2D eigenvalue weighted by Crippen LogP contribution is 2.29. The average molecular weight is 363 g/mol. The smallest absolute Gasteiger partial charge is 0.242 e. The Morgan fingerprint density at radius 3 is 2.54 bits per heavy atom. The Morgan fingerprint density at radius 1 is 1.27 bits per heavy atom. The SMILES string of the molecule is Cc1nc(C2CCN(C(=O)[C@@H](N)[C@@H](C)O)CC2)cc(N2CCOCC2)n1. The van der Waals surface area contributed by atoms with Crippen LogP contribution in [0.4, 0.5) is 5.82 Å². The van der Waals surface area contributed by atoms with Gasteiger partial charge in [-0.2, -0.15) is 0 Å². The van der Waals surface area contributed by atoms with E-state index in [4.69, 9.17) is 10.5 Å². The normalized spacial score (nSPS) is 21.5. The van der Waals surface area contributed by atoms with Crippen molar-refractivity contribution < 1.29 is 14.6 Å². The van der Waals surface area contributed by atoms with Crippen molar-refractivity contribution in [2.45, 2.75) is 44.8 Å². The van der Waals surface area contributed by atoms with Gasteiger partial charge >= 0.3 is 0 Å². The number of hydrogen-bond donors (Lipinski definition) is 2. The van der Waals surface area contributed by atoms with Crippen LogP contribution in [0.1, 0.15) is 37.2 Å². The molecule has 3 heterocycles. The van der Waals surface area contributed by atoms with Crippen molar-refractivity contribution in [2.24, 2.45) is 5.73 Å². The van der Waals surface area contributed by atoms with Gasteiger partial charge in [0.2, 0.25) is 5.91 Å². The number of carbonyl (C=O) groups excluding carboxylic acids is 1. The van der Waals surface area contributed by atoms with Crippen LogP contribution in [0.25, 0.3) is 0 Å². The zero-order valence-corrected chi connectivity index (χ0v) is 15.6. The van der Waals surface area contributed by atoms with Crippen LogP contribution in [0.5, 0.6) is 0 Å². The molecule has 0 spiro atoms. The number of nitrogens with two attached hydrogens (primary N) is 1. The molecule has 1 aromatic rings. The lowest BCUT2D eigenvalue weighted by molar-refractivity contribution is -0.135. The summed E-state index contributed by atoms with van der Waals surface area (Å²) >= 11 is 0. The first-order chi connectivity index (χ1) is 12.5. The molecule has 0 unspecified atom stereocenters. The van der Waals surface area contributed by atoms with Gasteiger partial charge in [-0.3, -0.25) is 4.79 Å². The fourth-order valence-corrected chi connectivity index (χ4v) is 3.55. The van der Waals surface area contributed by atoms with Gasteiger partial charge in [-0.25, -0.2) is 9.97 Å². The maximum atomic E-state index is 12.3. The molecule has 2 aliphatic rings. The van der Waals surface area contributed by atoms with E-state index in [0.29, 0.717) is 19.0 Å². The number of rotatable bonds is 4. The van der Waals surface area contributed by atoms with Crippen molar-refractivity contribution in [3.8, 4) is 0 Å². The summed E-state index contributed by atoms with van der Waals surface area (Å²) in [5, 5.41) is 9.53. The Labute approximate surface area is 154 Å². The summed E-state index contributed by atoms with van der Waals surface area (Å²) in [7, 11) is 0. The molecule has 2 atom stereocenters. The molecular formula is C18H29N5O3. The van der Waals surface area contributed by atoms with Gasteiger partial charge in [0, 0.05) is 43.9 Å². The number of aromatic nitrogens is 2. The van der Waals surface area contributed by atoms with E-state index in [1.54, 1.807) is 11.8 Å². The van der Waals surface area contributed by atoms with Gasteiger partial charge in [0.05, 0.1) is 19.3 Å². The topological polar surface area (TPSA) is 105 Å². The van der Waals surface area contributed by atoms with Gasteiger partial charge < -0.3 is 25.4 Å². The summed E-state index contributed by atoms with van der Waals surface area (Å²) in [4.78, 5) is 25.5. The quantitative estimate of drug-likeness (QED) is 0.778. The van der Waals surface area contributed by atoms with Crippen LogP contribution >= 0.6 is 0 Å². The first-order valence-corrected chi connectivity index (χ1v) is 9.36. The molecule has 144 valence electrons. The lowest BCUT2D eigenvalue weighted by atomic mass is 9.92. The predicted octanol–water partition coefficient (Wildman–Crippen LogP) is 0.0357.